The summed E-state index contributed by atoms with van der Waals surface area (Å²) in [4.78, 5) is 18.3. The summed E-state index contributed by atoms with van der Waals surface area (Å²) in [5, 5.41) is 7.01. The molecule has 0 bridgehead atoms. The molecule has 2 saturated heterocycles. The molecule has 0 radical (unpaired) electrons. The lowest BCUT2D eigenvalue weighted by Gasteiger charge is -2.41. The van der Waals surface area contributed by atoms with Crippen LogP contribution in [0.5, 0.6) is 0 Å². The Morgan fingerprint density at radius 1 is 1.65 bits per heavy atom. The van der Waals surface area contributed by atoms with Gasteiger partial charge in [0.1, 0.15) is 0 Å². The predicted molar refractivity (Wildman–Crippen MR) is 85.2 cm³/mol. The van der Waals surface area contributed by atoms with Crippen LogP contribution in [-0.4, -0.2) is 61.5 Å². The molecule has 2 aliphatic rings. The molecule has 0 aromatic heterocycles. The van der Waals surface area contributed by atoms with Gasteiger partial charge in [-0.05, 0) is 19.1 Å². The van der Waals surface area contributed by atoms with Gasteiger partial charge in [-0.25, -0.2) is 0 Å². The van der Waals surface area contributed by atoms with Crippen molar-refractivity contribution in [3.8, 4) is 0 Å². The minimum absolute atomic E-state index is 0.123. The van der Waals surface area contributed by atoms with Gasteiger partial charge in [0.25, 0.3) is 0 Å². The highest BCUT2D eigenvalue weighted by Crippen LogP contribution is 2.35. The molecule has 1 spiro atoms. The van der Waals surface area contributed by atoms with Crippen molar-refractivity contribution in [3.63, 3.8) is 0 Å². The van der Waals surface area contributed by atoms with Crippen LogP contribution in [0.15, 0.2) is 4.99 Å². The molecule has 2 rings (SSSR count). The number of hydrogen-bond donors (Lipinski definition) is 2. The zero-order chi connectivity index (χ0) is 14.6. The smallest absolute Gasteiger partial charge is 0.220 e. The number of hydrogen-bond acceptors (Lipinski definition) is 3. The standard InChI is InChI=1S/C14H26N4OS/c1-11(20-3)8-16-13(15-2)18-6-4-5-14(10-18)7-12(19)17-9-14/h11H,4-10H2,1-3H3,(H,15,16)(H,17,19). The van der Waals surface area contributed by atoms with Crippen LogP contribution >= 0.6 is 11.8 Å². The monoisotopic (exact) mass is 298 g/mol. The number of likely N-dealkylation sites (tertiary alicyclic amines) is 1. The minimum Gasteiger partial charge on any atom is -0.355 e. The van der Waals surface area contributed by atoms with Gasteiger partial charge in [-0.2, -0.15) is 11.8 Å². The van der Waals surface area contributed by atoms with E-state index in [9.17, 15) is 4.79 Å². The fourth-order valence-electron chi connectivity index (χ4n) is 3.08. The first-order valence-electron chi connectivity index (χ1n) is 7.34. The van der Waals surface area contributed by atoms with Gasteiger partial charge in [0.2, 0.25) is 5.91 Å². The first-order chi connectivity index (χ1) is 9.58. The second-order valence-corrected chi connectivity index (χ2v) is 7.23. The topological polar surface area (TPSA) is 56.7 Å². The zero-order valence-corrected chi connectivity index (χ0v) is 13.6. The Morgan fingerprint density at radius 2 is 2.45 bits per heavy atom. The molecule has 2 atom stereocenters. The quantitative estimate of drug-likeness (QED) is 0.601. The summed E-state index contributed by atoms with van der Waals surface area (Å²) in [6, 6.07) is 0. The number of carbonyl (C=O) groups is 1. The highest BCUT2D eigenvalue weighted by Gasteiger charge is 2.42. The van der Waals surface area contributed by atoms with Crippen molar-refractivity contribution < 1.29 is 4.79 Å². The maximum Gasteiger partial charge on any atom is 0.220 e. The lowest BCUT2D eigenvalue weighted by atomic mass is 9.79. The molecule has 20 heavy (non-hydrogen) atoms. The molecule has 2 heterocycles. The molecule has 5 nitrogen and oxygen atoms in total. The number of nitrogens with zero attached hydrogens (tertiary/aromatic N) is 2. The van der Waals surface area contributed by atoms with Crippen molar-refractivity contribution in [2.45, 2.75) is 31.4 Å². The average molecular weight is 298 g/mol. The summed E-state index contributed by atoms with van der Waals surface area (Å²) < 4.78 is 0. The van der Waals surface area contributed by atoms with Gasteiger partial charge in [-0.15, -0.1) is 0 Å². The molecule has 2 N–H and O–H groups in total. The Bertz CT molecular complexity index is 387. The number of guanidine groups is 1. The third-order valence-electron chi connectivity index (χ3n) is 4.32. The molecule has 0 aromatic carbocycles. The molecule has 0 saturated carbocycles. The van der Waals surface area contributed by atoms with Crippen molar-refractivity contribution in [2.75, 3.05) is 39.5 Å². The second-order valence-electron chi connectivity index (χ2n) is 5.95. The van der Waals surface area contributed by atoms with Crippen molar-refractivity contribution >= 4 is 23.6 Å². The van der Waals surface area contributed by atoms with E-state index in [1.165, 1.54) is 0 Å². The zero-order valence-electron chi connectivity index (χ0n) is 12.7. The van der Waals surface area contributed by atoms with Crippen molar-refractivity contribution in [1.82, 2.24) is 15.5 Å². The van der Waals surface area contributed by atoms with Crippen molar-refractivity contribution in [3.05, 3.63) is 0 Å². The molecule has 2 aliphatic heterocycles. The largest absolute Gasteiger partial charge is 0.355 e. The van der Waals surface area contributed by atoms with Gasteiger partial charge >= 0.3 is 0 Å². The Kier molecular flexibility index (Phi) is 5.18. The van der Waals surface area contributed by atoms with Gasteiger partial charge in [0.15, 0.2) is 5.96 Å². The van der Waals surface area contributed by atoms with E-state index >= 15 is 0 Å². The molecule has 0 aliphatic carbocycles. The summed E-state index contributed by atoms with van der Waals surface area (Å²) in [5.74, 6) is 1.18. The Morgan fingerprint density at radius 3 is 3.05 bits per heavy atom. The van der Waals surface area contributed by atoms with E-state index in [-0.39, 0.29) is 11.3 Å². The molecular weight excluding hydrogens is 272 g/mol. The first-order valence-corrected chi connectivity index (χ1v) is 8.62. The number of piperidine rings is 1. The molecule has 0 aromatic rings. The predicted octanol–water partition coefficient (Wildman–Crippen LogP) is 0.915. The van der Waals surface area contributed by atoms with Crippen molar-refractivity contribution in [2.24, 2.45) is 10.4 Å². The molecule has 1 amide bonds. The van der Waals surface area contributed by atoms with Gasteiger partial charge < -0.3 is 15.5 Å². The fraction of sp³-hybridized carbons (Fsp3) is 0.857. The Labute approximate surface area is 126 Å². The molecule has 6 heteroatoms. The van der Waals surface area contributed by atoms with Crippen molar-refractivity contribution in [1.29, 1.82) is 0 Å². The number of thioether (sulfide) groups is 1. The van der Waals surface area contributed by atoms with Gasteiger partial charge in [-0.3, -0.25) is 9.79 Å². The van der Waals surface area contributed by atoms with Crippen LogP contribution in [-0.2, 0) is 4.79 Å². The maximum absolute atomic E-state index is 11.5. The number of carbonyl (C=O) groups excluding carboxylic acids is 1. The first kappa shape index (κ1) is 15.5. The van der Waals surface area contributed by atoms with Crippen LogP contribution in [0.1, 0.15) is 26.2 Å². The van der Waals surface area contributed by atoms with E-state index in [4.69, 9.17) is 0 Å². The molecule has 2 unspecified atom stereocenters. The Hall–Kier alpha value is -0.910. The van der Waals surface area contributed by atoms with Crippen LogP contribution in [0.25, 0.3) is 0 Å². The van der Waals surface area contributed by atoms with E-state index in [0.717, 1.165) is 45.0 Å². The fourth-order valence-corrected chi connectivity index (χ4v) is 3.33. The van der Waals surface area contributed by atoms with E-state index in [2.05, 4.69) is 33.7 Å². The highest BCUT2D eigenvalue weighted by molar-refractivity contribution is 7.99. The van der Waals surface area contributed by atoms with Crippen LogP contribution in [0.3, 0.4) is 0 Å². The number of aliphatic imine (C=N–C) groups is 1. The van der Waals surface area contributed by atoms with E-state index in [1.807, 2.05) is 18.8 Å². The molecular formula is C14H26N4OS. The van der Waals surface area contributed by atoms with Crippen LogP contribution in [0.2, 0.25) is 0 Å². The van der Waals surface area contributed by atoms with Gasteiger partial charge in [0, 0.05) is 50.3 Å². The summed E-state index contributed by atoms with van der Waals surface area (Å²) in [6.07, 6.45) is 5.07. The number of rotatable bonds is 3. The van der Waals surface area contributed by atoms with Crippen LogP contribution < -0.4 is 10.6 Å². The number of nitrogens with one attached hydrogen (secondary N) is 2. The maximum atomic E-state index is 11.5. The second kappa shape index (κ2) is 6.70. The summed E-state index contributed by atoms with van der Waals surface area (Å²) in [7, 11) is 1.84. The number of amides is 1. The van der Waals surface area contributed by atoms with Crippen LogP contribution in [0.4, 0.5) is 0 Å². The summed E-state index contributed by atoms with van der Waals surface area (Å²) in [6.45, 7) is 5.92. The summed E-state index contributed by atoms with van der Waals surface area (Å²) >= 11 is 1.85. The Balaban J connectivity index is 1.95. The normalized spacial score (nSPS) is 28.6. The van der Waals surface area contributed by atoms with Crippen LogP contribution in [0, 0.1) is 5.41 Å². The third-order valence-corrected chi connectivity index (χ3v) is 5.29. The van der Waals surface area contributed by atoms with Gasteiger partial charge in [0.05, 0.1) is 0 Å². The molecule has 2 fully saturated rings. The van der Waals surface area contributed by atoms with E-state index < -0.39 is 0 Å². The minimum atomic E-state index is 0.123. The SMILES string of the molecule is CN=C(NCC(C)SC)N1CCCC2(CNC(=O)C2)C1. The molecule has 114 valence electrons. The van der Waals surface area contributed by atoms with Gasteiger partial charge in [-0.1, -0.05) is 6.92 Å². The third kappa shape index (κ3) is 3.59. The lowest BCUT2D eigenvalue weighted by Crippen LogP contribution is -2.52. The van der Waals surface area contributed by atoms with E-state index in [0.29, 0.717) is 11.7 Å². The highest BCUT2D eigenvalue weighted by atomic mass is 32.2. The van der Waals surface area contributed by atoms with E-state index in [1.54, 1.807) is 0 Å². The lowest BCUT2D eigenvalue weighted by molar-refractivity contribution is -0.119. The summed E-state index contributed by atoms with van der Waals surface area (Å²) in [5.41, 5.74) is 0.123. The average Bonchev–Trinajstić information content (AvgIpc) is 2.80.